The van der Waals surface area contributed by atoms with Crippen molar-refractivity contribution in [3.8, 4) is 0 Å². The van der Waals surface area contributed by atoms with Gasteiger partial charge in [-0.15, -0.1) is 0 Å². The van der Waals surface area contributed by atoms with Crippen LogP contribution < -0.4 is 0 Å². The van der Waals surface area contributed by atoms with Crippen LogP contribution in [0.25, 0.3) is 0 Å². The Morgan fingerprint density at radius 3 is 2.16 bits per heavy atom. The number of Topliss-reactive ketones (excluding diaryl/α,β-unsaturated/α-hetero) is 1. The lowest BCUT2D eigenvalue weighted by atomic mass is 9.84. The molecule has 2 aliphatic rings. The zero-order chi connectivity index (χ0) is 17.4. The lowest BCUT2D eigenvalue weighted by molar-refractivity contribution is 0.0677. The fourth-order valence-electron chi connectivity index (χ4n) is 4.47. The van der Waals surface area contributed by atoms with Crippen molar-refractivity contribution >= 4 is 5.78 Å². The molecule has 4 heteroatoms. The molecule has 0 amide bonds. The zero-order valence-corrected chi connectivity index (χ0v) is 14.0. The first-order valence-corrected chi connectivity index (χ1v) is 8.90. The molecule has 2 nitrogen and oxygen atoms in total. The van der Waals surface area contributed by atoms with E-state index < -0.39 is 11.6 Å². The molecule has 130 valence electrons. The summed E-state index contributed by atoms with van der Waals surface area (Å²) >= 11 is 0. The highest BCUT2D eigenvalue weighted by molar-refractivity contribution is 5.98. The average molecular weight is 341 g/mol. The van der Waals surface area contributed by atoms with Crippen molar-refractivity contribution in [3.63, 3.8) is 0 Å². The predicted molar refractivity (Wildman–Crippen MR) is 92.2 cm³/mol. The molecule has 0 aliphatic carbocycles. The third kappa shape index (κ3) is 3.36. The minimum Gasteiger partial charge on any atom is -0.294 e. The smallest absolute Gasteiger partial charge is 0.166 e. The van der Waals surface area contributed by atoms with Crippen LogP contribution in [0.15, 0.2) is 48.5 Å². The van der Waals surface area contributed by atoms with Crippen LogP contribution in [0.4, 0.5) is 8.78 Å². The van der Waals surface area contributed by atoms with Crippen molar-refractivity contribution < 1.29 is 13.6 Å². The molecule has 2 atom stereocenters. The summed E-state index contributed by atoms with van der Waals surface area (Å²) in [6.07, 6.45) is 3.75. The summed E-state index contributed by atoms with van der Waals surface area (Å²) in [7, 11) is 0. The maximum Gasteiger partial charge on any atom is 0.166 e. The van der Waals surface area contributed by atoms with E-state index >= 15 is 0 Å². The number of fused-ring (bicyclic) bond motifs is 2. The van der Waals surface area contributed by atoms with Gasteiger partial charge in [-0.1, -0.05) is 30.3 Å². The lowest BCUT2D eigenvalue weighted by Crippen LogP contribution is -2.44. The zero-order valence-electron chi connectivity index (χ0n) is 14.0. The highest BCUT2D eigenvalue weighted by atomic mass is 19.1. The highest BCUT2D eigenvalue weighted by Crippen LogP contribution is 2.40. The first-order valence-electron chi connectivity index (χ1n) is 8.90. The van der Waals surface area contributed by atoms with E-state index in [0.717, 1.165) is 50.4 Å². The third-order valence-corrected chi connectivity index (χ3v) is 5.61. The SMILES string of the molecule is O=C(c1cc(F)cc(F)c1)C1CC2CCC(C1)N2Cc1ccccc1. The maximum absolute atomic E-state index is 13.4. The summed E-state index contributed by atoms with van der Waals surface area (Å²) in [5.41, 5.74) is 1.45. The van der Waals surface area contributed by atoms with Crippen molar-refractivity contribution in [1.29, 1.82) is 0 Å². The number of rotatable bonds is 4. The van der Waals surface area contributed by atoms with E-state index in [1.54, 1.807) is 0 Å². The molecule has 2 aromatic rings. The fourth-order valence-corrected chi connectivity index (χ4v) is 4.47. The largest absolute Gasteiger partial charge is 0.294 e. The summed E-state index contributed by atoms with van der Waals surface area (Å²) < 4.78 is 26.9. The Labute approximate surface area is 146 Å². The molecule has 2 saturated heterocycles. The van der Waals surface area contributed by atoms with Crippen LogP contribution in [0.5, 0.6) is 0 Å². The number of nitrogens with zero attached hydrogens (tertiary/aromatic N) is 1. The Morgan fingerprint density at radius 1 is 0.960 bits per heavy atom. The molecule has 4 rings (SSSR count). The minimum absolute atomic E-state index is 0.116. The van der Waals surface area contributed by atoms with Gasteiger partial charge >= 0.3 is 0 Å². The van der Waals surface area contributed by atoms with Gasteiger partial charge < -0.3 is 0 Å². The normalized spacial score (nSPS) is 25.9. The Balaban J connectivity index is 1.48. The number of hydrogen-bond donors (Lipinski definition) is 0. The first-order chi connectivity index (χ1) is 12.1. The van der Waals surface area contributed by atoms with Crippen molar-refractivity contribution in [3.05, 3.63) is 71.3 Å². The molecule has 2 unspecified atom stereocenters. The summed E-state index contributed by atoms with van der Waals surface area (Å²) in [4.78, 5) is 15.2. The number of benzene rings is 2. The van der Waals surface area contributed by atoms with Gasteiger partial charge in [-0.05, 0) is 43.4 Å². The second-order valence-corrected chi connectivity index (χ2v) is 7.23. The molecule has 0 N–H and O–H groups in total. The van der Waals surface area contributed by atoms with E-state index in [0.29, 0.717) is 12.1 Å². The van der Waals surface area contributed by atoms with E-state index in [1.807, 2.05) is 18.2 Å². The summed E-state index contributed by atoms with van der Waals surface area (Å²) in [6, 6.07) is 14.3. The van der Waals surface area contributed by atoms with E-state index in [9.17, 15) is 13.6 Å². The molecule has 2 aromatic carbocycles. The molecule has 0 aromatic heterocycles. The number of ketones is 1. The predicted octanol–water partition coefficient (Wildman–Crippen LogP) is 4.59. The van der Waals surface area contributed by atoms with Gasteiger partial charge in [-0.3, -0.25) is 9.69 Å². The van der Waals surface area contributed by atoms with Gasteiger partial charge in [0.05, 0.1) is 0 Å². The van der Waals surface area contributed by atoms with E-state index in [2.05, 4.69) is 17.0 Å². The quantitative estimate of drug-likeness (QED) is 0.758. The monoisotopic (exact) mass is 341 g/mol. The van der Waals surface area contributed by atoms with Gasteiger partial charge in [0.15, 0.2) is 5.78 Å². The van der Waals surface area contributed by atoms with Crippen LogP contribution >= 0.6 is 0 Å². The second kappa shape index (κ2) is 6.68. The molecule has 0 saturated carbocycles. The van der Waals surface area contributed by atoms with Crippen LogP contribution in [-0.4, -0.2) is 22.8 Å². The number of halogens is 2. The van der Waals surface area contributed by atoms with E-state index in [4.69, 9.17) is 0 Å². The molecule has 2 bridgehead atoms. The van der Waals surface area contributed by atoms with Crippen LogP contribution in [0.2, 0.25) is 0 Å². The number of hydrogen-bond acceptors (Lipinski definition) is 2. The van der Waals surface area contributed by atoms with Gasteiger partial charge in [0, 0.05) is 36.2 Å². The number of piperidine rings is 1. The van der Waals surface area contributed by atoms with Crippen LogP contribution in [0.1, 0.15) is 41.6 Å². The standard InChI is InChI=1S/C21H21F2NO/c22-17-8-15(9-18(23)12-17)21(25)16-10-19-6-7-20(11-16)24(19)13-14-4-2-1-3-5-14/h1-5,8-9,12,16,19-20H,6-7,10-11,13H2. The summed E-state index contributed by atoms with van der Waals surface area (Å²) in [6.45, 7) is 0.908. The van der Waals surface area contributed by atoms with Crippen molar-refractivity contribution in [2.45, 2.75) is 44.3 Å². The van der Waals surface area contributed by atoms with E-state index in [-0.39, 0.29) is 17.3 Å². The van der Waals surface area contributed by atoms with Crippen LogP contribution in [0, 0.1) is 17.6 Å². The Hall–Kier alpha value is -2.07. The second-order valence-electron chi connectivity index (χ2n) is 7.23. The van der Waals surface area contributed by atoms with Gasteiger partial charge in [0.1, 0.15) is 11.6 Å². The lowest BCUT2D eigenvalue weighted by Gasteiger charge is -2.38. The van der Waals surface area contributed by atoms with Crippen LogP contribution in [-0.2, 0) is 6.54 Å². The number of carbonyl (C=O) groups excluding carboxylic acids is 1. The third-order valence-electron chi connectivity index (χ3n) is 5.61. The van der Waals surface area contributed by atoms with Gasteiger partial charge in [0.2, 0.25) is 0 Å². The molecular weight excluding hydrogens is 320 g/mol. The van der Waals surface area contributed by atoms with Crippen molar-refractivity contribution in [1.82, 2.24) is 4.90 Å². The molecule has 0 radical (unpaired) electrons. The molecular formula is C21H21F2NO. The topological polar surface area (TPSA) is 20.3 Å². The molecule has 25 heavy (non-hydrogen) atoms. The molecule has 2 heterocycles. The molecule has 2 aliphatic heterocycles. The minimum atomic E-state index is -0.687. The van der Waals surface area contributed by atoms with E-state index in [1.165, 1.54) is 5.56 Å². The average Bonchev–Trinajstić information content (AvgIpc) is 2.82. The molecule has 0 spiro atoms. The van der Waals surface area contributed by atoms with Gasteiger partial charge in [-0.2, -0.15) is 0 Å². The summed E-state index contributed by atoms with van der Waals surface area (Å²) in [5.74, 6) is -1.62. The highest BCUT2D eigenvalue weighted by Gasteiger charge is 2.42. The Kier molecular flexibility index (Phi) is 4.38. The van der Waals surface area contributed by atoms with Crippen molar-refractivity contribution in [2.75, 3.05) is 0 Å². The summed E-state index contributed by atoms with van der Waals surface area (Å²) in [5, 5.41) is 0. The first kappa shape index (κ1) is 16.4. The number of carbonyl (C=O) groups is 1. The van der Waals surface area contributed by atoms with Gasteiger partial charge in [0.25, 0.3) is 0 Å². The van der Waals surface area contributed by atoms with Gasteiger partial charge in [-0.25, -0.2) is 8.78 Å². The molecule has 2 fully saturated rings. The Bertz CT molecular complexity index is 742. The van der Waals surface area contributed by atoms with Crippen LogP contribution in [0.3, 0.4) is 0 Å². The van der Waals surface area contributed by atoms with Crippen molar-refractivity contribution in [2.24, 2.45) is 5.92 Å². The Morgan fingerprint density at radius 2 is 1.56 bits per heavy atom. The fraction of sp³-hybridized carbons (Fsp3) is 0.381. The maximum atomic E-state index is 13.4.